The van der Waals surface area contributed by atoms with Crippen LogP contribution in [-0.2, 0) is 4.74 Å². The first-order valence-electron chi connectivity index (χ1n) is 7.10. The van der Waals surface area contributed by atoms with E-state index in [2.05, 4.69) is 0 Å². The summed E-state index contributed by atoms with van der Waals surface area (Å²) in [7, 11) is 1.61. The fraction of sp³-hybridized carbons (Fsp3) is 0.562. The van der Waals surface area contributed by atoms with Crippen LogP contribution in [0.4, 0.5) is 4.39 Å². The molecule has 2 rings (SSSR count). The van der Waals surface area contributed by atoms with Crippen LogP contribution in [0, 0.1) is 18.7 Å². The van der Waals surface area contributed by atoms with Crippen molar-refractivity contribution in [2.45, 2.75) is 32.7 Å². The van der Waals surface area contributed by atoms with Gasteiger partial charge in [-0.1, -0.05) is 6.07 Å². The molecular formula is C16H22FNO2. The maximum Gasteiger partial charge on any atom is 0.257 e. The van der Waals surface area contributed by atoms with E-state index in [9.17, 15) is 9.18 Å². The van der Waals surface area contributed by atoms with Gasteiger partial charge >= 0.3 is 0 Å². The number of hydrogen-bond donors (Lipinski definition) is 0. The number of benzene rings is 1. The lowest BCUT2D eigenvalue weighted by Gasteiger charge is -2.29. The summed E-state index contributed by atoms with van der Waals surface area (Å²) in [4.78, 5) is 14.3. The van der Waals surface area contributed by atoms with Crippen molar-refractivity contribution in [2.24, 2.45) is 5.92 Å². The molecule has 0 spiro atoms. The van der Waals surface area contributed by atoms with E-state index < -0.39 is 5.82 Å². The Morgan fingerprint density at radius 3 is 2.75 bits per heavy atom. The number of nitrogens with zero attached hydrogens (tertiary/aromatic N) is 1. The van der Waals surface area contributed by atoms with Gasteiger partial charge in [0.1, 0.15) is 5.82 Å². The average Bonchev–Trinajstić information content (AvgIpc) is 3.22. The van der Waals surface area contributed by atoms with E-state index in [1.54, 1.807) is 24.1 Å². The maximum absolute atomic E-state index is 14.0. The highest BCUT2D eigenvalue weighted by Gasteiger charge is 2.35. The van der Waals surface area contributed by atoms with E-state index in [0.717, 1.165) is 18.4 Å². The summed E-state index contributed by atoms with van der Waals surface area (Å²) in [5.41, 5.74) is 0.969. The quantitative estimate of drug-likeness (QED) is 0.801. The van der Waals surface area contributed by atoms with E-state index in [1.807, 2.05) is 13.8 Å². The van der Waals surface area contributed by atoms with Crippen LogP contribution in [0.15, 0.2) is 18.2 Å². The summed E-state index contributed by atoms with van der Waals surface area (Å²) in [6.45, 7) is 4.82. The number of ether oxygens (including phenoxy) is 1. The molecule has 0 saturated heterocycles. The fourth-order valence-electron chi connectivity index (χ4n) is 2.46. The van der Waals surface area contributed by atoms with Gasteiger partial charge in [-0.05, 0) is 50.3 Å². The third-order valence-electron chi connectivity index (χ3n) is 3.95. The lowest BCUT2D eigenvalue weighted by molar-refractivity contribution is 0.0590. The number of hydrogen-bond acceptors (Lipinski definition) is 2. The van der Waals surface area contributed by atoms with Crippen molar-refractivity contribution in [3.63, 3.8) is 0 Å². The van der Waals surface area contributed by atoms with Gasteiger partial charge in [-0.25, -0.2) is 4.39 Å². The van der Waals surface area contributed by atoms with Crippen LogP contribution in [0.3, 0.4) is 0 Å². The molecule has 1 aromatic rings. The van der Waals surface area contributed by atoms with Crippen LogP contribution in [0.25, 0.3) is 0 Å². The average molecular weight is 279 g/mol. The minimum Gasteiger partial charge on any atom is -0.383 e. The van der Waals surface area contributed by atoms with Crippen LogP contribution >= 0.6 is 0 Å². The third kappa shape index (κ3) is 3.37. The van der Waals surface area contributed by atoms with Gasteiger partial charge in [0, 0.05) is 19.7 Å². The molecule has 0 aliphatic heterocycles. The van der Waals surface area contributed by atoms with Gasteiger partial charge in [0.15, 0.2) is 0 Å². The van der Waals surface area contributed by atoms with Gasteiger partial charge in [-0.3, -0.25) is 4.79 Å². The molecule has 1 amide bonds. The standard InChI is InChI=1S/C16H22FNO2/c1-11-4-7-14(15(17)10-11)16(19)18(8-9-20-3)12(2)13-5-6-13/h4,7,10,12-13H,5-6,8-9H2,1-3H3. The zero-order valence-electron chi connectivity index (χ0n) is 12.4. The smallest absolute Gasteiger partial charge is 0.257 e. The number of aryl methyl sites for hydroxylation is 1. The molecule has 1 aliphatic carbocycles. The fourth-order valence-corrected chi connectivity index (χ4v) is 2.46. The molecule has 1 fully saturated rings. The van der Waals surface area contributed by atoms with Crippen molar-refractivity contribution in [1.82, 2.24) is 4.90 Å². The summed E-state index contributed by atoms with van der Waals surface area (Å²) < 4.78 is 19.1. The highest BCUT2D eigenvalue weighted by molar-refractivity contribution is 5.94. The summed E-state index contributed by atoms with van der Waals surface area (Å²) >= 11 is 0. The predicted octanol–water partition coefficient (Wildman–Crippen LogP) is 3.02. The number of carbonyl (C=O) groups is 1. The molecule has 0 bridgehead atoms. The minimum atomic E-state index is -0.444. The molecule has 1 aromatic carbocycles. The van der Waals surface area contributed by atoms with Gasteiger partial charge in [0.05, 0.1) is 12.2 Å². The zero-order valence-corrected chi connectivity index (χ0v) is 12.4. The van der Waals surface area contributed by atoms with Crippen LogP contribution < -0.4 is 0 Å². The van der Waals surface area contributed by atoms with Crippen molar-refractivity contribution in [3.8, 4) is 0 Å². The molecular weight excluding hydrogens is 257 g/mol. The largest absolute Gasteiger partial charge is 0.383 e. The molecule has 0 N–H and O–H groups in total. The Hall–Kier alpha value is -1.42. The number of rotatable bonds is 6. The highest BCUT2D eigenvalue weighted by Crippen LogP contribution is 2.35. The van der Waals surface area contributed by atoms with E-state index in [1.165, 1.54) is 6.07 Å². The number of methoxy groups -OCH3 is 1. The Balaban J connectivity index is 2.20. The number of carbonyl (C=O) groups excluding carboxylic acids is 1. The molecule has 20 heavy (non-hydrogen) atoms. The van der Waals surface area contributed by atoms with E-state index in [4.69, 9.17) is 4.74 Å². The maximum atomic E-state index is 14.0. The van der Waals surface area contributed by atoms with Crippen molar-refractivity contribution in [2.75, 3.05) is 20.3 Å². The Kier molecular flexibility index (Phi) is 4.76. The third-order valence-corrected chi connectivity index (χ3v) is 3.95. The molecule has 3 nitrogen and oxygen atoms in total. The second-order valence-electron chi connectivity index (χ2n) is 5.55. The van der Waals surface area contributed by atoms with Crippen molar-refractivity contribution in [3.05, 3.63) is 35.1 Å². The Bertz CT molecular complexity index is 485. The summed E-state index contributed by atoms with van der Waals surface area (Å²) in [6, 6.07) is 4.89. The SMILES string of the molecule is COCCN(C(=O)c1ccc(C)cc1F)C(C)C1CC1. The van der Waals surface area contributed by atoms with E-state index in [-0.39, 0.29) is 17.5 Å². The number of halogens is 1. The first kappa shape index (κ1) is 15.0. The Morgan fingerprint density at radius 2 is 2.20 bits per heavy atom. The van der Waals surface area contributed by atoms with Gasteiger partial charge in [-0.2, -0.15) is 0 Å². The second kappa shape index (κ2) is 6.35. The molecule has 1 aliphatic rings. The Morgan fingerprint density at radius 1 is 1.50 bits per heavy atom. The van der Waals surface area contributed by atoms with Gasteiger partial charge in [0.2, 0.25) is 0 Å². The minimum absolute atomic E-state index is 0.137. The molecule has 1 unspecified atom stereocenters. The van der Waals surface area contributed by atoms with Gasteiger partial charge < -0.3 is 9.64 Å². The van der Waals surface area contributed by atoms with Gasteiger partial charge in [-0.15, -0.1) is 0 Å². The zero-order chi connectivity index (χ0) is 14.7. The van der Waals surface area contributed by atoms with Crippen LogP contribution in [0.2, 0.25) is 0 Å². The molecule has 0 aromatic heterocycles. The number of amides is 1. The Labute approximate surface area is 119 Å². The first-order chi connectivity index (χ1) is 9.54. The normalized spacial score (nSPS) is 16.0. The summed E-state index contributed by atoms with van der Waals surface area (Å²) in [5.74, 6) is -0.135. The first-order valence-corrected chi connectivity index (χ1v) is 7.10. The van der Waals surface area contributed by atoms with Crippen molar-refractivity contribution < 1.29 is 13.9 Å². The van der Waals surface area contributed by atoms with Crippen molar-refractivity contribution in [1.29, 1.82) is 0 Å². The molecule has 1 atom stereocenters. The van der Waals surface area contributed by atoms with E-state index >= 15 is 0 Å². The lowest BCUT2D eigenvalue weighted by Crippen LogP contribution is -2.42. The predicted molar refractivity (Wildman–Crippen MR) is 76.2 cm³/mol. The highest BCUT2D eigenvalue weighted by atomic mass is 19.1. The molecule has 0 heterocycles. The lowest BCUT2D eigenvalue weighted by atomic mass is 10.1. The molecule has 4 heteroatoms. The van der Waals surface area contributed by atoms with Crippen LogP contribution in [0.1, 0.15) is 35.7 Å². The molecule has 0 radical (unpaired) electrons. The molecule has 1 saturated carbocycles. The molecule has 110 valence electrons. The topological polar surface area (TPSA) is 29.5 Å². The van der Waals surface area contributed by atoms with Gasteiger partial charge in [0.25, 0.3) is 5.91 Å². The second-order valence-corrected chi connectivity index (χ2v) is 5.55. The van der Waals surface area contributed by atoms with Crippen LogP contribution in [-0.4, -0.2) is 37.1 Å². The van der Waals surface area contributed by atoms with E-state index in [0.29, 0.717) is 19.1 Å². The summed E-state index contributed by atoms with van der Waals surface area (Å²) in [5, 5.41) is 0. The van der Waals surface area contributed by atoms with Crippen molar-refractivity contribution >= 4 is 5.91 Å². The monoisotopic (exact) mass is 279 g/mol. The summed E-state index contributed by atoms with van der Waals surface area (Å²) in [6.07, 6.45) is 2.29. The van der Waals surface area contributed by atoms with Crippen LogP contribution in [0.5, 0.6) is 0 Å².